The summed E-state index contributed by atoms with van der Waals surface area (Å²) < 4.78 is 93.2. The molecule has 22 nitrogen and oxygen atoms in total. The molecule has 0 unspecified atom stereocenters. The smallest absolute Gasteiger partial charge is 0.418 e. The second-order valence-corrected chi connectivity index (χ2v) is 24.3. The lowest BCUT2D eigenvalue weighted by Gasteiger charge is -2.43. The Hall–Kier alpha value is -7.57. The highest BCUT2D eigenvalue weighted by molar-refractivity contribution is 7.13. The molecule has 8 atom stereocenters. The van der Waals surface area contributed by atoms with Crippen molar-refractivity contribution in [3.8, 4) is 33.1 Å². The molecule has 6 N–H and O–H groups in total. The number of aromatic nitrogens is 8. The molecule has 3 aliphatic rings. The van der Waals surface area contributed by atoms with Gasteiger partial charge < -0.3 is 50.4 Å². The summed E-state index contributed by atoms with van der Waals surface area (Å²) in [6.07, 6.45) is -9.72. The second-order valence-electron chi connectivity index (χ2n) is 22.7. The molecule has 4 amide bonds. The number of carbonyl (C=O) groups excluding carboxylic acids is 4. The molecule has 30 heteroatoms. The number of thiazole rings is 1. The molecule has 3 aromatic carbocycles. The zero-order valence-electron chi connectivity index (χ0n) is 47.6. The van der Waals surface area contributed by atoms with Crippen molar-refractivity contribution in [2.75, 3.05) is 19.8 Å². The maximum Gasteiger partial charge on any atom is 0.418 e. The lowest BCUT2D eigenvalue weighted by Crippen LogP contribution is -2.57. The van der Waals surface area contributed by atoms with E-state index in [2.05, 4.69) is 46.3 Å². The Morgan fingerprint density at radius 2 is 1.66 bits per heavy atom. The first kappa shape index (κ1) is 63.4. The maximum atomic E-state index is 14.6. The number of hydrogen-bond donors (Lipinski definition) is 6. The SMILES string of the molecule is Cc1nc([C@@H]2O[C@H](CO)[C@H](O)[C@H](n3cc(-c4cc(F)c(Cl)c(F)c4)nn3)[C@H]2OCC(=O)N[C@H]2C[C@@H](Oc3ccc(C(=O)N[C@H](C(=O)N4C[C@H](O)C[C@H]4C(=O)NCc4ccc(-c5scnc5C)cc4)C(C)(C)C)nc3)C2)n(-c2cc(Cl)ccc2C(F)(F)F)n1. The lowest BCUT2D eigenvalue weighted by atomic mass is 9.85. The van der Waals surface area contributed by atoms with Gasteiger partial charge in [-0.05, 0) is 72.9 Å². The first-order chi connectivity index (χ1) is 41.7. The van der Waals surface area contributed by atoms with Crippen LogP contribution in [0.5, 0.6) is 5.75 Å². The summed E-state index contributed by atoms with van der Waals surface area (Å²) in [4.78, 5) is 70.7. The Kier molecular flexibility index (Phi) is 18.7. The van der Waals surface area contributed by atoms with E-state index >= 15 is 0 Å². The molecule has 4 aromatic heterocycles. The number of β-amino-alcohol motifs (C(OH)–C–C–N with tert-alkyl or cyclic N) is 1. The van der Waals surface area contributed by atoms with Crippen molar-refractivity contribution in [1.29, 1.82) is 0 Å². The number of aliphatic hydroxyl groups is 3. The van der Waals surface area contributed by atoms with E-state index in [-0.39, 0.29) is 58.9 Å². The molecule has 0 bridgehead atoms. The fourth-order valence-corrected chi connectivity index (χ4v) is 11.8. The predicted octanol–water partition coefficient (Wildman–Crippen LogP) is 6.83. The van der Waals surface area contributed by atoms with E-state index in [1.54, 1.807) is 26.3 Å². The monoisotopic (exact) mass is 1280 g/mol. The molecule has 1 aliphatic carbocycles. The van der Waals surface area contributed by atoms with Crippen LogP contribution >= 0.6 is 34.5 Å². The molecule has 1 saturated carbocycles. The molecule has 10 rings (SSSR count). The maximum absolute atomic E-state index is 14.6. The zero-order chi connectivity index (χ0) is 63.1. The molecule has 0 radical (unpaired) electrons. The van der Waals surface area contributed by atoms with E-state index in [1.807, 2.05) is 31.2 Å². The molecule has 6 heterocycles. The van der Waals surface area contributed by atoms with Crippen LogP contribution < -0.4 is 20.7 Å². The van der Waals surface area contributed by atoms with E-state index in [0.717, 1.165) is 61.4 Å². The van der Waals surface area contributed by atoms with Crippen LogP contribution in [0.2, 0.25) is 10.0 Å². The third-order valence-corrected chi connectivity index (χ3v) is 16.8. The summed E-state index contributed by atoms with van der Waals surface area (Å²) in [5, 5.41) is 53.0. The number of pyridine rings is 1. The quantitative estimate of drug-likeness (QED) is 0.0379. The van der Waals surface area contributed by atoms with Gasteiger partial charge in [-0.3, -0.25) is 19.2 Å². The summed E-state index contributed by atoms with van der Waals surface area (Å²) in [7, 11) is 0. The number of carbonyl (C=O) groups is 4. The number of halogens is 7. The number of hydrogen-bond acceptors (Lipinski definition) is 17. The third-order valence-electron chi connectivity index (χ3n) is 15.3. The van der Waals surface area contributed by atoms with Crippen molar-refractivity contribution in [1.82, 2.24) is 60.6 Å². The van der Waals surface area contributed by atoms with Gasteiger partial charge >= 0.3 is 6.18 Å². The Labute approximate surface area is 513 Å². The van der Waals surface area contributed by atoms with Gasteiger partial charge in [-0.15, -0.1) is 16.4 Å². The van der Waals surface area contributed by atoms with E-state index in [9.17, 15) is 56.4 Å². The van der Waals surface area contributed by atoms with Crippen molar-refractivity contribution in [3.05, 3.63) is 140 Å². The van der Waals surface area contributed by atoms with Crippen molar-refractivity contribution in [2.24, 2.45) is 5.41 Å². The molecular weight excluding hydrogens is 1220 g/mol. The van der Waals surface area contributed by atoms with Crippen LogP contribution in [0, 0.1) is 30.9 Å². The van der Waals surface area contributed by atoms with Crippen LogP contribution in [0.1, 0.15) is 91.1 Å². The van der Waals surface area contributed by atoms with Gasteiger partial charge in [0.25, 0.3) is 5.91 Å². The van der Waals surface area contributed by atoms with Crippen molar-refractivity contribution in [3.63, 3.8) is 0 Å². The highest BCUT2D eigenvalue weighted by Gasteiger charge is 2.51. The highest BCUT2D eigenvalue weighted by atomic mass is 35.5. The highest BCUT2D eigenvalue weighted by Crippen LogP contribution is 2.43. The van der Waals surface area contributed by atoms with Gasteiger partial charge in [-0.2, -0.15) is 18.3 Å². The number of likely N-dealkylation sites (tertiary alicyclic amines) is 1. The van der Waals surface area contributed by atoms with E-state index in [0.29, 0.717) is 12.8 Å². The standard InChI is InChI=1S/C58H59Cl2F5N12O10S/c1-27-51(88-26-68-27)30-8-6-29(7-9-30)20-67-55(83)43-19-34(79)22-75(43)56(84)52(57(3,4)5)71-54(82)40-13-11-35(21-66-40)86-36-17-33(18-36)70-45(80)25-85-49-47(76-23-41(72-74-76)31-14-38(61)46(60)39(62)15-31)48(81)44(24-78)87-50(49)53-69-28(2)73-77(53)42-16-32(59)10-12-37(42)58(63,64)65/h6-16,21,23,26,33-34,36,43-44,47-50,52,78-79,81H,17-20,22,24-25H2,1-5H3,(H,67,83)(H,70,80)(H,71,82)/t33-,34-,36+,43+,44-,47+,48+,49-,50-,52-/m1/s1. The minimum Gasteiger partial charge on any atom is -0.489 e. The topological polar surface area (TPSA) is 283 Å². The summed E-state index contributed by atoms with van der Waals surface area (Å²) in [6.45, 7) is 7.03. The van der Waals surface area contributed by atoms with E-state index < -0.39 is 137 Å². The third kappa shape index (κ3) is 13.8. The van der Waals surface area contributed by atoms with Crippen molar-refractivity contribution < 1.29 is 70.7 Å². The van der Waals surface area contributed by atoms with Crippen LogP contribution in [0.15, 0.2) is 84.6 Å². The molecule has 7 aromatic rings. The minimum atomic E-state index is -4.93. The Bertz CT molecular complexity index is 3690. The number of aryl methyl sites for hydroxylation is 2. The van der Waals surface area contributed by atoms with Crippen molar-refractivity contribution >= 4 is 58.2 Å². The first-order valence-corrected chi connectivity index (χ1v) is 29.3. The fourth-order valence-electron chi connectivity index (χ4n) is 10.7. The van der Waals surface area contributed by atoms with Gasteiger partial charge in [0, 0.05) is 49.0 Å². The van der Waals surface area contributed by atoms with Crippen LogP contribution in [-0.2, 0) is 36.6 Å². The molecule has 3 fully saturated rings. The number of aliphatic hydroxyl groups excluding tert-OH is 3. The molecule has 0 spiro atoms. The van der Waals surface area contributed by atoms with Gasteiger partial charge in [0.1, 0.15) is 94.9 Å². The van der Waals surface area contributed by atoms with E-state index in [4.69, 9.17) is 37.4 Å². The predicted molar refractivity (Wildman–Crippen MR) is 307 cm³/mol. The number of rotatable bonds is 18. The number of nitrogens with zero attached hydrogens (tertiary/aromatic N) is 9. The molecule has 88 heavy (non-hydrogen) atoms. The minimum absolute atomic E-state index is 0.00614. The average molecular weight is 1280 g/mol. The molecule has 2 aliphatic heterocycles. The number of ether oxygens (including phenoxy) is 3. The van der Waals surface area contributed by atoms with E-state index in [1.165, 1.54) is 47.7 Å². The number of nitrogens with one attached hydrogen (secondary N) is 3. The van der Waals surface area contributed by atoms with Crippen LogP contribution in [0.25, 0.3) is 27.4 Å². The van der Waals surface area contributed by atoms with Gasteiger partial charge in [-0.1, -0.05) is 73.5 Å². The van der Waals surface area contributed by atoms with Crippen molar-refractivity contribution in [2.45, 2.75) is 127 Å². The summed E-state index contributed by atoms with van der Waals surface area (Å²) in [5.41, 5.74) is 1.65. The van der Waals surface area contributed by atoms with Crippen LogP contribution in [0.3, 0.4) is 0 Å². The van der Waals surface area contributed by atoms with Crippen LogP contribution in [-0.4, -0.2) is 152 Å². The van der Waals surface area contributed by atoms with Gasteiger partial charge in [0.05, 0.1) is 52.4 Å². The number of amides is 4. The normalized spacial score (nSPS) is 22.4. The second kappa shape index (κ2) is 25.9. The first-order valence-electron chi connectivity index (χ1n) is 27.7. The Morgan fingerprint density at radius 3 is 2.31 bits per heavy atom. The molecule has 466 valence electrons. The van der Waals surface area contributed by atoms with Crippen LogP contribution in [0.4, 0.5) is 22.0 Å². The lowest BCUT2D eigenvalue weighted by molar-refractivity contribution is -0.223. The summed E-state index contributed by atoms with van der Waals surface area (Å²) >= 11 is 13.5. The Balaban J connectivity index is 0.778. The van der Waals surface area contributed by atoms with Gasteiger partial charge in [0.15, 0.2) is 5.82 Å². The largest absolute Gasteiger partial charge is 0.489 e. The summed E-state index contributed by atoms with van der Waals surface area (Å²) in [6, 6.07) is 11.1. The average Bonchev–Trinajstić information content (AvgIpc) is 1.52. The van der Waals surface area contributed by atoms with Gasteiger partial charge in [0.2, 0.25) is 17.7 Å². The number of benzene rings is 3. The zero-order valence-corrected chi connectivity index (χ0v) is 49.9. The summed E-state index contributed by atoms with van der Waals surface area (Å²) in [5.74, 6) is -4.71. The number of alkyl halides is 3. The molecule has 2 saturated heterocycles. The fraction of sp³-hybridized carbons (Fsp3) is 0.414. The molecular formula is C58H59Cl2F5N12O10S. The Morgan fingerprint density at radius 1 is 0.932 bits per heavy atom. The van der Waals surface area contributed by atoms with Gasteiger partial charge in [-0.25, -0.2) is 33.1 Å².